The van der Waals surface area contributed by atoms with Crippen molar-refractivity contribution in [3.05, 3.63) is 64.7 Å². The van der Waals surface area contributed by atoms with Crippen LogP contribution in [-0.4, -0.2) is 11.3 Å². The number of carbonyl (C=O) groups is 1. The molecule has 3 atom stereocenters. The first-order valence-electron chi connectivity index (χ1n) is 10.2. The third-order valence-corrected chi connectivity index (χ3v) is 6.68. The van der Waals surface area contributed by atoms with E-state index in [1.54, 1.807) is 6.07 Å². The van der Waals surface area contributed by atoms with Gasteiger partial charge in [-0.1, -0.05) is 43.3 Å². The Morgan fingerprint density at radius 3 is 2.52 bits per heavy atom. The Labute approximate surface area is 170 Å². The fourth-order valence-electron chi connectivity index (χ4n) is 5.33. The van der Waals surface area contributed by atoms with Crippen LogP contribution in [0.4, 0.5) is 4.79 Å². The molecule has 1 N–H and O–H groups in total. The van der Waals surface area contributed by atoms with Gasteiger partial charge in [-0.25, -0.2) is 4.79 Å². The molecule has 3 aromatic carbocycles. The molecule has 29 heavy (non-hydrogen) atoms. The first kappa shape index (κ1) is 18.0. The van der Waals surface area contributed by atoms with Gasteiger partial charge in [0.15, 0.2) is 0 Å². The lowest BCUT2D eigenvalue weighted by molar-refractivity contribution is 0.151. The molecule has 5 rings (SSSR count). The molecule has 2 aliphatic carbocycles. The number of rotatable bonds is 2. The molecule has 148 valence electrons. The zero-order valence-electron chi connectivity index (χ0n) is 16.9. The average molecular weight is 388 g/mol. The number of aromatic hydroxyl groups is 1. The maximum absolute atomic E-state index is 12.7. The van der Waals surface area contributed by atoms with Gasteiger partial charge in [-0.2, -0.15) is 0 Å². The van der Waals surface area contributed by atoms with Gasteiger partial charge in [0.05, 0.1) is 0 Å². The zero-order valence-corrected chi connectivity index (χ0v) is 16.9. The number of carbonyl (C=O) groups excluding carboxylic acids is 1. The number of fused-ring (bicyclic) bond motifs is 6. The van der Waals surface area contributed by atoms with Crippen LogP contribution in [0.3, 0.4) is 0 Å². The molecule has 0 radical (unpaired) electrons. The molecule has 3 aromatic rings. The van der Waals surface area contributed by atoms with Crippen LogP contribution in [0.1, 0.15) is 53.9 Å². The van der Waals surface area contributed by atoms with Crippen LogP contribution in [0.15, 0.2) is 42.5 Å². The quantitative estimate of drug-likeness (QED) is 0.410. The number of phenolic OH excluding ortho intramolecular Hbond substituents is 1. The Hall–Kier alpha value is -3.01. The second-order valence-electron chi connectivity index (χ2n) is 8.47. The predicted octanol–water partition coefficient (Wildman–Crippen LogP) is 6.35. The maximum Gasteiger partial charge on any atom is 0.519 e. The number of benzene rings is 3. The first-order valence-corrected chi connectivity index (χ1v) is 10.2. The molecule has 4 nitrogen and oxygen atoms in total. The van der Waals surface area contributed by atoms with Crippen LogP contribution in [0.25, 0.3) is 10.8 Å². The minimum Gasteiger partial charge on any atom is -0.507 e. The van der Waals surface area contributed by atoms with Crippen molar-refractivity contribution in [1.82, 2.24) is 0 Å². The molecule has 2 aliphatic rings. The second-order valence-corrected chi connectivity index (χ2v) is 8.47. The van der Waals surface area contributed by atoms with E-state index in [2.05, 4.69) is 6.92 Å². The van der Waals surface area contributed by atoms with Crippen LogP contribution in [0, 0.1) is 19.8 Å². The highest BCUT2D eigenvalue weighted by Gasteiger charge is 2.46. The van der Waals surface area contributed by atoms with E-state index in [0.29, 0.717) is 35.0 Å². The average Bonchev–Trinajstić information content (AvgIpc) is 3.24. The molecule has 2 bridgehead atoms. The number of hydrogen-bond acceptors (Lipinski definition) is 4. The predicted molar refractivity (Wildman–Crippen MR) is 112 cm³/mol. The van der Waals surface area contributed by atoms with Crippen molar-refractivity contribution in [2.45, 2.75) is 45.4 Å². The van der Waals surface area contributed by atoms with Crippen LogP contribution >= 0.6 is 0 Å². The summed E-state index contributed by atoms with van der Waals surface area (Å²) in [7, 11) is 0. The fraction of sp³-hybridized carbons (Fsp3) is 0.320. The standard InChI is InChI=1S/C25H24O4/c1-13-7-4-5-10-19(13)28-25(27)29-24-20-14(2)8-6-9-17(20)23(26)22-18-12-16(21(22)24)11-15(18)3/h4-10,15-16,18,26H,11-12H2,1-3H3. The molecule has 0 amide bonds. The van der Waals surface area contributed by atoms with E-state index in [0.717, 1.165) is 45.9 Å². The second kappa shape index (κ2) is 6.51. The minimum absolute atomic E-state index is 0.307. The maximum atomic E-state index is 12.7. The number of aryl methyl sites for hydroxylation is 2. The van der Waals surface area contributed by atoms with Crippen LogP contribution in [0.5, 0.6) is 17.2 Å². The van der Waals surface area contributed by atoms with Crippen LogP contribution in [-0.2, 0) is 0 Å². The molecular formula is C25H24O4. The Bertz CT molecular complexity index is 1150. The topological polar surface area (TPSA) is 55.8 Å². The lowest BCUT2D eigenvalue weighted by Crippen LogP contribution is -2.17. The summed E-state index contributed by atoms with van der Waals surface area (Å²) in [6.45, 7) is 6.10. The summed E-state index contributed by atoms with van der Waals surface area (Å²) in [5.74, 6) is 2.54. The van der Waals surface area contributed by atoms with Gasteiger partial charge >= 0.3 is 6.16 Å². The molecule has 0 heterocycles. The van der Waals surface area contributed by atoms with Crippen molar-refractivity contribution in [2.24, 2.45) is 5.92 Å². The Balaban J connectivity index is 1.64. The van der Waals surface area contributed by atoms with Gasteiger partial charge in [-0.3, -0.25) is 0 Å². The van der Waals surface area contributed by atoms with E-state index in [-0.39, 0.29) is 0 Å². The van der Waals surface area contributed by atoms with Gasteiger partial charge in [0, 0.05) is 21.9 Å². The van der Waals surface area contributed by atoms with Gasteiger partial charge in [0.2, 0.25) is 0 Å². The number of phenols is 1. The van der Waals surface area contributed by atoms with Crippen LogP contribution in [0.2, 0.25) is 0 Å². The normalized spacial score (nSPS) is 22.0. The van der Waals surface area contributed by atoms with Crippen molar-refractivity contribution in [3.63, 3.8) is 0 Å². The fourth-order valence-corrected chi connectivity index (χ4v) is 5.33. The summed E-state index contributed by atoms with van der Waals surface area (Å²) in [6, 6.07) is 13.2. The molecule has 1 fully saturated rings. The zero-order chi connectivity index (χ0) is 20.3. The Morgan fingerprint density at radius 2 is 1.72 bits per heavy atom. The summed E-state index contributed by atoms with van der Waals surface area (Å²) in [4.78, 5) is 12.7. The molecule has 0 spiro atoms. The van der Waals surface area contributed by atoms with Crippen LogP contribution < -0.4 is 9.47 Å². The number of hydrogen-bond donors (Lipinski definition) is 1. The lowest BCUT2D eigenvalue weighted by Gasteiger charge is -2.26. The summed E-state index contributed by atoms with van der Waals surface area (Å²) in [5, 5.41) is 12.6. The summed E-state index contributed by atoms with van der Waals surface area (Å²) in [5.41, 5.74) is 3.80. The van der Waals surface area contributed by atoms with Crippen molar-refractivity contribution >= 4 is 16.9 Å². The highest BCUT2D eigenvalue weighted by atomic mass is 16.7. The van der Waals surface area contributed by atoms with Crippen molar-refractivity contribution in [3.8, 4) is 17.2 Å². The summed E-state index contributed by atoms with van der Waals surface area (Å²) in [6.07, 6.45) is 1.31. The Morgan fingerprint density at radius 1 is 0.966 bits per heavy atom. The van der Waals surface area contributed by atoms with Crippen molar-refractivity contribution < 1.29 is 19.4 Å². The van der Waals surface area contributed by atoms with Crippen molar-refractivity contribution in [2.75, 3.05) is 0 Å². The van der Waals surface area contributed by atoms with E-state index in [4.69, 9.17) is 9.47 Å². The monoisotopic (exact) mass is 388 g/mol. The smallest absolute Gasteiger partial charge is 0.507 e. The molecule has 4 heteroatoms. The van der Waals surface area contributed by atoms with Gasteiger partial charge in [-0.05, 0) is 61.6 Å². The third kappa shape index (κ3) is 2.70. The van der Waals surface area contributed by atoms with Gasteiger partial charge in [0.1, 0.15) is 17.2 Å². The highest BCUT2D eigenvalue weighted by molar-refractivity contribution is 6.00. The van der Waals surface area contributed by atoms with Gasteiger partial charge in [0.25, 0.3) is 0 Å². The largest absolute Gasteiger partial charge is 0.519 e. The molecule has 0 aliphatic heterocycles. The molecule has 1 saturated carbocycles. The summed E-state index contributed by atoms with van der Waals surface area (Å²) < 4.78 is 11.4. The van der Waals surface area contributed by atoms with Gasteiger partial charge < -0.3 is 14.6 Å². The molecular weight excluding hydrogens is 364 g/mol. The summed E-state index contributed by atoms with van der Waals surface area (Å²) >= 11 is 0. The highest BCUT2D eigenvalue weighted by Crippen LogP contribution is 2.63. The Kier molecular flexibility index (Phi) is 4.05. The SMILES string of the molecule is Cc1ccccc1OC(=O)Oc1c2c(c(O)c3cccc(C)c13)C1CC2CC1C. The van der Waals surface area contributed by atoms with E-state index < -0.39 is 6.16 Å². The van der Waals surface area contributed by atoms with E-state index in [1.165, 1.54) is 0 Å². The van der Waals surface area contributed by atoms with E-state index >= 15 is 0 Å². The first-order chi connectivity index (χ1) is 14.0. The third-order valence-electron chi connectivity index (χ3n) is 6.68. The molecule has 0 aromatic heterocycles. The van der Waals surface area contributed by atoms with E-state index in [9.17, 15) is 9.90 Å². The number of ether oxygens (including phenoxy) is 2. The lowest BCUT2D eigenvalue weighted by atomic mass is 9.81. The molecule has 0 saturated heterocycles. The van der Waals surface area contributed by atoms with E-state index in [1.807, 2.05) is 50.2 Å². The minimum atomic E-state index is -0.743. The van der Waals surface area contributed by atoms with Crippen molar-refractivity contribution in [1.29, 1.82) is 0 Å². The number of para-hydroxylation sites is 1. The van der Waals surface area contributed by atoms with Gasteiger partial charge in [-0.15, -0.1) is 0 Å². The molecule has 3 unspecified atom stereocenters.